The van der Waals surface area contributed by atoms with Crippen molar-refractivity contribution >= 4 is 0 Å². The summed E-state index contributed by atoms with van der Waals surface area (Å²) in [5.74, 6) is -2.52. The number of rotatable bonds is 7. The second kappa shape index (κ2) is 9.43. The zero-order valence-electron chi connectivity index (χ0n) is 16.1. The van der Waals surface area contributed by atoms with Crippen LogP contribution in [0, 0.1) is 17.5 Å². The van der Waals surface area contributed by atoms with Gasteiger partial charge in [-0.2, -0.15) is 0 Å². The molecule has 2 unspecified atom stereocenters. The molecule has 2 aromatic carbocycles. The Bertz CT molecular complexity index is 802. The van der Waals surface area contributed by atoms with Gasteiger partial charge in [-0.25, -0.2) is 13.2 Å². The SMILES string of the molecule is CCOCC1CCC(c2ccc(-c3ccc(OCC)cc3F)c(F)c2F)CO1. The van der Waals surface area contributed by atoms with Crippen molar-refractivity contribution in [1.82, 2.24) is 0 Å². The van der Waals surface area contributed by atoms with E-state index in [2.05, 4.69) is 0 Å². The van der Waals surface area contributed by atoms with Crippen molar-refractivity contribution < 1.29 is 27.4 Å². The molecule has 2 atom stereocenters. The highest BCUT2D eigenvalue weighted by molar-refractivity contribution is 5.66. The summed E-state index contributed by atoms with van der Waals surface area (Å²) in [5.41, 5.74) is 0.165. The second-order valence-corrected chi connectivity index (χ2v) is 6.79. The number of ether oxygens (including phenoxy) is 3. The van der Waals surface area contributed by atoms with E-state index >= 15 is 0 Å². The van der Waals surface area contributed by atoms with E-state index in [9.17, 15) is 13.2 Å². The van der Waals surface area contributed by atoms with Crippen molar-refractivity contribution in [3.8, 4) is 16.9 Å². The van der Waals surface area contributed by atoms with Gasteiger partial charge in [-0.1, -0.05) is 12.1 Å². The molecule has 0 amide bonds. The molecule has 1 heterocycles. The molecule has 0 saturated carbocycles. The van der Waals surface area contributed by atoms with Crippen molar-refractivity contribution in [2.24, 2.45) is 0 Å². The molecule has 3 rings (SSSR count). The average Bonchev–Trinajstić information content (AvgIpc) is 2.70. The molecule has 1 fully saturated rings. The zero-order valence-corrected chi connectivity index (χ0v) is 16.1. The second-order valence-electron chi connectivity index (χ2n) is 6.79. The fourth-order valence-corrected chi connectivity index (χ4v) is 3.49. The molecule has 0 bridgehead atoms. The number of hydrogen-bond acceptors (Lipinski definition) is 3. The van der Waals surface area contributed by atoms with Crippen LogP contribution in [0.3, 0.4) is 0 Å². The lowest BCUT2D eigenvalue weighted by Crippen LogP contribution is -2.29. The monoisotopic (exact) mass is 394 g/mol. The minimum Gasteiger partial charge on any atom is -0.494 e. The fraction of sp³-hybridized carbons (Fsp3) is 0.455. The minimum atomic E-state index is -1.04. The van der Waals surface area contributed by atoms with Gasteiger partial charge in [-0.3, -0.25) is 0 Å². The Morgan fingerprint density at radius 3 is 2.39 bits per heavy atom. The van der Waals surface area contributed by atoms with Crippen LogP contribution in [0.5, 0.6) is 5.75 Å². The molecule has 152 valence electrons. The maximum Gasteiger partial charge on any atom is 0.167 e. The summed E-state index contributed by atoms with van der Waals surface area (Å²) < 4.78 is 60.2. The van der Waals surface area contributed by atoms with Crippen LogP contribution in [0.4, 0.5) is 13.2 Å². The number of hydrogen-bond donors (Lipinski definition) is 0. The Balaban J connectivity index is 1.79. The maximum absolute atomic E-state index is 14.8. The van der Waals surface area contributed by atoms with Crippen LogP contribution in [0.15, 0.2) is 30.3 Å². The minimum absolute atomic E-state index is 0.00285. The topological polar surface area (TPSA) is 27.7 Å². The molecule has 0 aliphatic carbocycles. The van der Waals surface area contributed by atoms with E-state index in [0.29, 0.717) is 38.6 Å². The van der Waals surface area contributed by atoms with Crippen LogP contribution in [0.2, 0.25) is 0 Å². The highest BCUT2D eigenvalue weighted by atomic mass is 19.2. The summed E-state index contributed by atoms with van der Waals surface area (Å²) >= 11 is 0. The van der Waals surface area contributed by atoms with Gasteiger partial charge in [0.25, 0.3) is 0 Å². The average molecular weight is 394 g/mol. The highest BCUT2D eigenvalue weighted by Gasteiger charge is 2.27. The fourth-order valence-electron chi connectivity index (χ4n) is 3.49. The highest BCUT2D eigenvalue weighted by Crippen LogP contribution is 2.35. The predicted octanol–water partition coefficient (Wildman–Crippen LogP) is 5.47. The van der Waals surface area contributed by atoms with E-state index in [-0.39, 0.29) is 28.7 Å². The molecule has 3 nitrogen and oxygen atoms in total. The largest absolute Gasteiger partial charge is 0.494 e. The zero-order chi connectivity index (χ0) is 20.1. The Hall–Kier alpha value is -2.05. The van der Waals surface area contributed by atoms with Gasteiger partial charge >= 0.3 is 0 Å². The quantitative estimate of drug-likeness (QED) is 0.623. The number of benzene rings is 2. The van der Waals surface area contributed by atoms with E-state index in [1.54, 1.807) is 13.0 Å². The van der Waals surface area contributed by atoms with Crippen LogP contribution in [0.25, 0.3) is 11.1 Å². The Morgan fingerprint density at radius 1 is 0.964 bits per heavy atom. The first-order chi connectivity index (χ1) is 13.5. The van der Waals surface area contributed by atoms with Crippen LogP contribution < -0.4 is 4.74 Å². The van der Waals surface area contributed by atoms with Crippen molar-refractivity contribution in [3.63, 3.8) is 0 Å². The summed E-state index contributed by atoms with van der Waals surface area (Å²) in [7, 11) is 0. The summed E-state index contributed by atoms with van der Waals surface area (Å²) in [5, 5.41) is 0. The third kappa shape index (κ3) is 4.50. The summed E-state index contributed by atoms with van der Waals surface area (Å²) in [4.78, 5) is 0. The molecule has 0 spiro atoms. The van der Waals surface area contributed by atoms with Crippen LogP contribution in [-0.4, -0.2) is 32.5 Å². The Kier molecular flexibility index (Phi) is 6.97. The Morgan fingerprint density at radius 2 is 1.75 bits per heavy atom. The molecule has 0 N–H and O–H groups in total. The van der Waals surface area contributed by atoms with Gasteiger partial charge in [0, 0.05) is 29.7 Å². The van der Waals surface area contributed by atoms with Gasteiger partial charge in [0.1, 0.15) is 11.6 Å². The van der Waals surface area contributed by atoms with E-state index in [1.807, 2.05) is 6.92 Å². The summed E-state index contributed by atoms with van der Waals surface area (Å²) in [6, 6.07) is 7.08. The molecular formula is C22H25F3O3. The van der Waals surface area contributed by atoms with Crippen LogP contribution in [0.1, 0.15) is 38.2 Å². The molecular weight excluding hydrogens is 369 g/mol. The first-order valence-corrected chi connectivity index (χ1v) is 9.65. The van der Waals surface area contributed by atoms with Gasteiger partial charge < -0.3 is 14.2 Å². The lowest BCUT2D eigenvalue weighted by Gasteiger charge is -2.29. The van der Waals surface area contributed by atoms with Crippen LogP contribution in [-0.2, 0) is 9.47 Å². The Labute approximate surface area is 163 Å². The van der Waals surface area contributed by atoms with E-state index in [4.69, 9.17) is 14.2 Å². The molecule has 28 heavy (non-hydrogen) atoms. The van der Waals surface area contributed by atoms with Gasteiger partial charge in [-0.05, 0) is 44.4 Å². The third-order valence-corrected chi connectivity index (χ3v) is 4.97. The molecule has 6 heteroatoms. The van der Waals surface area contributed by atoms with Gasteiger partial charge in [0.2, 0.25) is 0 Å². The standard InChI is InChI=1S/C22H25F3O3/c1-3-26-13-16-6-5-14(12-28-16)17-9-10-19(22(25)21(17)24)18-8-7-15(27-4-2)11-20(18)23/h7-11,14,16H,3-6,12-13H2,1-2H3. The maximum atomic E-state index is 14.8. The van der Waals surface area contributed by atoms with E-state index in [1.165, 1.54) is 24.3 Å². The summed E-state index contributed by atoms with van der Waals surface area (Å²) in [6.07, 6.45) is 1.40. The van der Waals surface area contributed by atoms with Crippen molar-refractivity contribution in [2.75, 3.05) is 26.4 Å². The predicted molar refractivity (Wildman–Crippen MR) is 101 cm³/mol. The van der Waals surface area contributed by atoms with Gasteiger partial charge in [0.05, 0.1) is 25.9 Å². The first-order valence-electron chi connectivity index (χ1n) is 9.65. The third-order valence-electron chi connectivity index (χ3n) is 4.97. The van der Waals surface area contributed by atoms with Crippen LogP contribution >= 0.6 is 0 Å². The van der Waals surface area contributed by atoms with Crippen molar-refractivity contribution in [3.05, 3.63) is 53.3 Å². The van der Waals surface area contributed by atoms with E-state index < -0.39 is 17.5 Å². The molecule has 0 aromatic heterocycles. The first kappa shape index (κ1) is 20.7. The molecule has 1 aliphatic heterocycles. The van der Waals surface area contributed by atoms with Gasteiger partial charge in [0.15, 0.2) is 11.6 Å². The number of halogens is 3. The van der Waals surface area contributed by atoms with Gasteiger partial charge in [-0.15, -0.1) is 0 Å². The molecule has 0 radical (unpaired) electrons. The molecule has 1 aliphatic rings. The normalized spacial score (nSPS) is 19.6. The van der Waals surface area contributed by atoms with E-state index in [0.717, 1.165) is 6.42 Å². The smallest absolute Gasteiger partial charge is 0.167 e. The molecule has 1 saturated heterocycles. The lowest BCUT2D eigenvalue weighted by atomic mass is 9.89. The van der Waals surface area contributed by atoms with Crippen molar-refractivity contribution in [2.45, 2.75) is 38.7 Å². The lowest BCUT2D eigenvalue weighted by molar-refractivity contribution is -0.0464. The summed E-state index contributed by atoms with van der Waals surface area (Å²) in [6.45, 7) is 5.53. The van der Waals surface area contributed by atoms with Crippen molar-refractivity contribution in [1.29, 1.82) is 0 Å². The molecule has 2 aromatic rings.